The van der Waals surface area contributed by atoms with Crippen LogP contribution in [0, 0.1) is 6.92 Å². The fraction of sp³-hybridized carbons (Fsp3) is 0.0909. The fourth-order valence-electron chi connectivity index (χ4n) is 1.17. The van der Waals surface area contributed by atoms with E-state index in [9.17, 15) is 4.79 Å². The summed E-state index contributed by atoms with van der Waals surface area (Å²) in [5, 5.41) is 0.540. The zero-order valence-corrected chi connectivity index (χ0v) is 10.8. The molecule has 0 aliphatic carbocycles. The van der Waals surface area contributed by atoms with Crippen molar-refractivity contribution in [3.05, 3.63) is 40.2 Å². The van der Waals surface area contributed by atoms with Gasteiger partial charge in [0.2, 0.25) is 0 Å². The molecule has 0 spiro atoms. The minimum Gasteiger partial charge on any atom is -0.439 e. The van der Waals surface area contributed by atoms with E-state index in [0.29, 0.717) is 10.8 Å². The minimum atomic E-state index is 0.540. The number of hydrogen-bond donors (Lipinski definition) is 0. The second-order valence-electron chi connectivity index (χ2n) is 3.16. The van der Waals surface area contributed by atoms with Crippen LogP contribution in [0.15, 0.2) is 43.5 Å². The Hall–Kier alpha value is -1.07. The molecule has 5 heteroatoms. The van der Waals surface area contributed by atoms with Crippen molar-refractivity contribution in [3.8, 4) is 0 Å². The molecule has 3 nitrogen and oxygen atoms in total. The van der Waals surface area contributed by atoms with Crippen LogP contribution in [0.25, 0.3) is 0 Å². The van der Waals surface area contributed by atoms with Crippen LogP contribution in [0.3, 0.4) is 0 Å². The van der Waals surface area contributed by atoms with Crippen LogP contribution in [0.5, 0.6) is 0 Å². The molecule has 0 saturated heterocycles. The Morgan fingerprint density at radius 1 is 1.50 bits per heavy atom. The first kappa shape index (κ1) is 11.4. The summed E-state index contributed by atoms with van der Waals surface area (Å²) in [6.45, 7) is 1.86. The molecule has 0 atom stereocenters. The lowest BCUT2D eigenvalue weighted by Gasteiger charge is -2.01. The van der Waals surface area contributed by atoms with Gasteiger partial charge in [-0.15, -0.1) is 0 Å². The summed E-state index contributed by atoms with van der Waals surface area (Å²) in [6.07, 6.45) is 2.41. The standard InChI is InChI=1S/C11H8BrNO2S/c1-7-6-15-11(13-7)16-10-4-9(12)3-2-8(10)5-14/h2-6H,1H3. The average molecular weight is 298 g/mol. The lowest BCUT2D eigenvalue weighted by molar-refractivity contribution is 0.112. The number of rotatable bonds is 3. The summed E-state index contributed by atoms with van der Waals surface area (Å²) < 4.78 is 6.15. The van der Waals surface area contributed by atoms with Gasteiger partial charge in [0.05, 0.1) is 5.69 Å². The number of carbonyl (C=O) groups excluding carboxylic acids is 1. The van der Waals surface area contributed by atoms with E-state index in [1.54, 1.807) is 12.3 Å². The van der Waals surface area contributed by atoms with E-state index in [-0.39, 0.29) is 0 Å². The van der Waals surface area contributed by atoms with E-state index in [1.165, 1.54) is 11.8 Å². The molecule has 0 amide bonds. The first-order chi connectivity index (χ1) is 7.69. The van der Waals surface area contributed by atoms with Gasteiger partial charge in [-0.3, -0.25) is 4.79 Å². The largest absolute Gasteiger partial charge is 0.439 e. The predicted octanol–water partition coefficient (Wildman–Crippen LogP) is 3.71. The van der Waals surface area contributed by atoms with Gasteiger partial charge in [-0.25, -0.2) is 4.98 Å². The monoisotopic (exact) mass is 297 g/mol. The number of oxazole rings is 1. The molecule has 0 aliphatic rings. The van der Waals surface area contributed by atoms with Crippen LogP contribution in [0.4, 0.5) is 0 Å². The highest BCUT2D eigenvalue weighted by molar-refractivity contribution is 9.10. The second-order valence-corrected chi connectivity index (χ2v) is 5.07. The maximum absolute atomic E-state index is 10.9. The summed E-state index contributed by atoms with van der Waals surface area (Å²) in [5.74, 6) is 0. The van der Waals surface area contributed by atoms with Crippen LogP contribution in [-0.4, -0.2) is 11.3 Å². The minimum absolute atomic E-state index is 0.540. The lowest BCUT2D eigenvalue weighted by atomic mass is 10.2. The quantitative estimate of drug-likeness (QED) is 0.810. The number of nitrogens with zero attached hydrogens (tertiary/aromatic N) is 1. The van der Waals surface area contributed by atoms with Crippen molar-refractivity contribution in [3.63, 3.8) is 0 Å². The highest BCUT2D eigenvalue weighted by Crippen LogP contribution is 2.31. The highest BCUT2D eigenvalue weighted by atomic mass is 79.9. The van der Waals surface area contributed by atoms with Gasteiger partial charge in [0, 0.05) is 14.9 Å². The summed E-state index contributed by atoms with van der Waals surface area (Å²) in [7, 11) is 0. The van der Waals surface area contributed by atoms with Crippen molar-refractivity contribution in [1.29, 1.82) is 0 Å². The molecule has 0 radical (unpaired) electrons. The van der Waals surface area contributed by atoms with Gasteiger partial charge >= 0.3 is 0 Å². The third-order valence-electron chi connectivity index (χ3n) is 1.90. The smallest absolute Gasteiger partial charge is 0.260 e. The number of aryl methyl sites for hydroxylation is 1. The van der Waals surface area contributed by atoms with Gasteiger partial charge in [0.1, 0.15) is 6.26 Å². The SMILES string of the molecule is Cc1coc(Sc2cc(Br)ccc2C=O)n1. The van der Waals surface area contributed by atoms with Crippen LogP contribution in [0.1, 0.15) is 16.1 Å². The van der Waals surface area contributed by atoms with Crippen molar-refractivity contribution >= 4 is 34.0 Å². The molecule has 0 bridgehead atoms. The van der Waals surface area contributed by atoms with E-state index in [4.69, 9.17) is 4.42 Å². The van der Waals surface area contributed by atoms with Gasteiger partial charge in [-0.05, 0) is 36.9 Å². The molecule has 1 aromatic carbocycles. The van der Waals surface area contributed by atoms with Gasteiger partial charge in [-0.1, -0.05) is 15.9 Å². The van der Waals surface area contributed by atoms with Crippen molar-refractivity contribution in [1.82, 2.24) is 4.98 Å². The normalized spacial score (nSPS) is 10.4. The molecule has 1 heterocycles. The van der Waals surface area contributed by atoms with Crippen LogP contribution in [-0.2, 0) is 0 Å². The molecule has 0 unspecified atom stereocenters. The number of carbonyl (C=O) groups is 1. The van der Waals surface area contributed by atoms with E-state index >= 15 is 0 Å². The Balaban J connectivity index is 2.32. The van der Waals surface area contributed by atoms with E-state index in [2.05, 4.69) is 20.9 Å². The Morgan fingerprint density at radius 3 is 2.94 bits per heavy atom. The van der Waals surface area contributed by atoms with Gasteiger partial charge in [0.15, 0.2) is 6.29 Å². The van der Waals surface area contributed by atoms with Crippen LogP contribution < -0.4 is 0 Å². The molecule has 1 aromatic heterocycles. The average Bonchev–Trinajstić information content (AvgIpc) is 2.64. The molecule has 2 rings (SSSR count). The van der Waals surface area contributed by atoms with Gasteiger partial charge < -0.3 is 4.42 Å². The number of aldehydes is 1. The molecule has 82 valence electrons. The maximum atomic E-state index is 10.9. The number of benzene rings is 1. The van der Waals surface area contributed by atoms with Crippen molar-refractivity contribution in [2.24, 2.45) is 0 Å². The third-order valence-corrected chi connectivity index (χ3v) is 3.33. The molecule has 2 aromatic rings. The molecule has 0 N–H and O–H groups in total. The molecule has 0 fully saturated rings. The van der Waals surface area contributed by atoms with Crippen LogP contribution in [0.2, 0.25) is 0 Å². The predicted molar refractivity (Wildman–Crippen MR) is 64.9 cm³/mol. The summed E-state index contributed by atoms with van der Waals surface area (Å²) >= 11 is 4.70. The van der Waals surface area contributed by atoms with Gasteiger partial charge in [-0.2, -0.15) is 0 Å². The third kappa shape index (κ3) is 2.54. The van der Waals surface area contributed by atoms with Crippen molar-refractivity contribution in [2.75, 3.05) is 0 Å². The summed E-state index contributed by atoms with van der Waals surface area (Å²) in [4.78, 5) is 15.9. The topological polar surface area (TPSA) is 43.1 Å². The molecule has 0 saturated carbocycles. The summed E-state index contributed by atoms with van der Waals surface area (Å²) in [5.41, 5.74) is 1.45. The molecular weight excluding hydrogens is 290 g/mol. The first-order valence-corrected chi connectivity index (χ1v) is 6.14. The van der Waals surface area contributed by atoms with Crippen LogP contribution >= 0.6 is 27.7 Å². The molecular formula is C11H8BrNO2S. The maximum Gasteiger partial charge on any atom is 0.260 e. The Kier molecular flexibility index (Phi) is 3.46. The number of aromatic nitrogens is 1. The number of halogens is 1. The zero-order valence-electron chi connectivity index (χ0n) is 8.44. The Morgan fingerprint density at radius 2 is 2.31 bits per heavy atom. The number of hydrogen-bond acceptors (Lipinski definition) is 4. The summed E-state index contributed by atoms with van der Waals surface area (Å²) in [6, 6.07) is 5.46. The lowest BCUT2D eigenvalue weighted by Crippen LogP contribution is -1.85. The van der Waals surface area contributed by atoms with Crippen molar-refractivity contribution in [2.45, 2.75) is 17.0 Å². The Labute approximate surface area is 105 Å². The highest BCUT2D eigenvalue weighted by Gasteiger charge is 2.08. The molecule has 0 aliphatic heterocycles. The Bertz CT molecular complexity index is 524. The van der Waals surface area contributed by atoms with E-state index < -0.39 is 0 Å². The zero-order chi connectivity index (χ0) is 11.5. The second kappa shape index (κ2) is 4.84. The van der Waals surface area contributed by atoms with E-state index in [1.807, 2.05) is 19.1 Å². The molecule has 16 heavy (non-hydrogen) atoms. The van der Waals surface area contributed by atoms with E-state index in [0.717, 1.165) is 21.3 Å². The first-order valence-electron chi connectivity index (χ1n) is 4.54. The van der Waals surface area contributed by atoms with Gasteiger partial charge in [0.25, 0.3) is 5.22 Å². The van der Waals surface area contributed by atoms with Crippen molar-refractivity contribution < 1.29 is 9.21 Å². The fourth-order valence-corrected chi connectivity index (χ4v) is 2.57.